The molecule has 0 spiro atoms. The molecule has 1 heterocycles. The topological polar surface area (TPSA) is 29.5 Å². The zero-order valence-electron chi connectivity index (χ0n) is 12.0. The van der Waals surface area contributed by atoms with Crippen LogP contribution in [0.4, 0.5) is 0 Å². The Morgan fingerprint density at radius 1 is 1.24 bits per heavy atom. The third-order valence-corrected chi connectivity index (χ3v) is 4.09. The SMILES string of the molecule is COC1CC(SC(C)(C)C)C(=O)N1C(C)(C)C. The van der Waals surface area contributed by atoms with Crippen molar-refractivity contribution in [3.63, 3.8) is 0 Å². The van der Waals surface area contributed by atoms with Crippen molar-refractivity contribution in [3.05, 3.63) is 0 Å². The lowest BCUT2D eigenvalue weighted by Gasteiger charge is -2.36. The van der Waals surface area contributed by atoms with E-state index in [1.807, 2.05) is 4.90 Å². The van der Waals surface area contributed by atoms with Crippen molar-refractivity contribution in [2.45, 2.75) is 69.7 Å². The number of hydrogen-bond acceptors (Lipinski definition) is 3. The maximum absolute atomic E-state index is 12.4. The third kappa shape index (κ3) is 3.62. The highest BCUT2D eigenvalue weighted by atomic mass is 32.2. The van der Waals surface area contributed by atoms with Gasteiger partial charge in [0, 0.05) is 23.8 Å². The second-order valence-corrected chi connectivity index (χ2v) is 8.55. The highest BCUT2D eigenvalue weighted by Crippen LogP contribution is 2.39. The molecule has 0 aromatic rings. The molecule has 0 bridgehead atoms. The number of thioether (sulfide) groups is 1. The lowest BCUT2D eigenvalue weighted by atomic mass is 10.1. The van der Waals surface area contributed by atoms with Crippen LogP contribution in [-0.4, -0.2) is 39.7 Å². The van der Waals surface area contributed by atoms with Crippen LogP contribution in [0, 0.1) is 0 Å². The van der Waals surface area contributed by atoms with Crippen molar-refractivity contribution in [1.29, 1.82) is 0 Å². The highest BCUT2D eigenvalue weighted by molar-refractivity contribution is 8.01. The average Bonchev–Trinajstić information content (AvgIpc) is 2.39. The number of amides is 1. The molecular weight excluding hydrogens is 234 g/mol. The number of carbonyl (C=O) groups is 1. The molecular formula is C13H25NO2S. The summed E-state index contributed by atoms with van der Waals surface area (Å²) in [6, 6.07) is 0. The minimum absolute atomic E-state index is 0.0270. The maximum Gasteiger partial charge on any atom is 0.238 e. The van der Waals surface area contributed by atoms with E-state index in [9.17, 15) is 4.79 Å². The summed E-state index contributed by atoms with van der Waals surface area (Å²) in [6.45, 7) is 12.6. The van der Waals surface area contributed by atoms with Crippen molar-refractivity contribution in [2.75, 3.05) is 7.11 Å². The van der Waals surface area contributed by atoms with E-state index in [1.165, 1.54) is 0 Å². The van der Waals surface area contributed by atoms with Crippen molar-refractivity contribution < 1.29 is 9.53 Å². The number of methoxy groups -OCH3 is 1. The Morgan fingerprint density at radius 3 is 2.06 bits per heavy atom. The van der Waals surface area contributed by atoms with Gasteiger partial charge in [-0.3, -0.25) is 4.79 Å². The number of ether oxygens (including phenoxy) is 1. The van der Waals surface area contributed by atoms with Gasteiger partial charge in [-0.15, -0.1) is 11.8 Å². The van der Waals surface area contributed by atoms with E-state index in [2.05, 4.69) is 41.5 Å². The van der Waals surface area contributed by atoms with Crippen LogP contribution in [-0.2, 0) is 9.53 Å². The van der Waals surface area contributed by atoms with Gasteiger partial charge in [-0.25, -0.2) is 0 Å². The van der Waals surface area contributed by atoms with Gasteiger partial charge in [-0.05, 0) is 20.8 Å². The fraction of sp³-hybridized carbons (Fsp3) is 0.923. The van der Waals surface area contributed by atoms with E-state index in [0.717, 1.165) is 6.42 Å². The van der Waals surface area contributed by atoms with Crippen molar-refractivity contribution in [1.82, 2.24) is 4.90 Å². The van der Waals surface area contributed by atoms with Gasteiger partial charge in [0.1, 0.15) is 6.23 Å². The van der Waals surface area contributed by atoms with Crippen molar-refractivity contribution in [2.24, 2.45) is 0 Å². The summed E-state index contributed by atoms with van der Waals surface area (Å²) >= 11 is 1.74. The van der Waals surface area contributed by atoms with Gasteiger partial charge in [0.05, 0.1) is 5.25 Å². The van der Waals surface area contributed by atoms with E-state index in [0.29, 0.717) is 0 Å². The fourth-order valence-corrected chi connectivity index (χ4v) is 3.50. The first-order valence-corrected chi connectivity index (χ1v) is 6.98. The van der Waals surface area contributed by atoms with Crippen LogP contribution >= 0.6 is 11.8 Å². The monoisotopic (exact) mass is 259 g/mol. The molecule has 0 saturated carbocycles. The molecule has 3 nitrogen and oxygen atoms in total. The minimum Gasteiger partial charge on any atom is -0.361 e. The summed E-state index contributed by atoms with van der Waals surface area (Å²) in [7, 11) is 1.68. The molecule has 100 valence electrons. The van der Waals surface area contributed by atoms with Gasteiger partial charge in [0.25, 0.3) is 0 Å². The van der Waals surface area contributed by atoms with Gasteiger partial charge in [-0.1, -0.05) is 20.8 Å². The first-order valence-electron chi connectivity index (χ1n) is 6.10. The molecule has 1 aliphatic rings. The molecule has 1 saturated heterocycles. The Labute approximate surface area is 109 Å². The van der Waals surface area contributed by atoms with Crippen LogP contribution in [0.2, 0.25) is 0 Å². The predicted molar refractivity (Wildman–Crippen MR) is 73.1 cm³/mol. The maximum atomic E-state index is 12.4. The standard InChI is InChI=1S/C13H25NO2S/c1-12(2,3)14-10(16-7)8-9(11(14)15)17-13(4,5)6/h9-10H,8H2,1-7H3. The van der Waals surface area contributed by atoms with E-state index in [4.69, 9.17) is 4.74 Å². The number of nitrogens with zero attached hydrogens (tertiary/aromatic N) is 1. The Kier molecular flexibility index (Phi) is 4.20. The summed E-state index contributed by atoms with van der Waals surface area (Å²) in [5.41, 5.74) is -0.176. The lowest BCUT2D eigenvalue weighted by molar-refractivity contribution is -0.142. The molecule has 2 unspecified atom stereocenters. The molecule has 4 heteroatoms. The molecule has 0 aromatic heterocycles. The molecule has 0 aromatic carbocycles. The Hall–Kier alpha value is -0.220. The smallest absolute Gasteiger partial charge is 0.238 e. The first-order chi connectivity index (χ1) is 7.56. The van der Waals surface area contributed by atoms with Crippen LogP contribution in [0.3, 0.4) is 0 Å². The summed E-state index contributed by atoms with van der Waals surface area (Å²) in [6.07, 6.45) is 0.705. The summed E-state index contributed by atoms with van der Waals surface area (Å²) in [5, 5.41) is 0.0270. The minimum atomic E-state index is -0.176. The van der Waals surface area contributed by atoms with Crippen LogP contribution in [0.5, 0.6) is 0 Å². The molecule has 0 radical (unpaired) electrons. The average molecular weight is 259 g/mol. The third-order valence-electron chi connectivity index (χ3n) is 2.71. The summed E-state index contributed by atoms with van der Waals surface area (Å²) < 4.78 is 5.56. The Bertz CT molecular complexity index is 291. The van der Waals surface area contributed by atoms with Crippen LogP contribution < -0.4 is 0 Å². The normalized spacial score (nSPS) is 26.8. The van der Waals surface area contributed by atoms with Gasteiger partial charge < -0.3 is 9.64 Å². The van der Waals surface area contributed by atoms with E-state index >= 15 is 0 Å². The quantitative estimate of drug-likeness (QED) is 0.763. The Morgan fingerprint density at radius 2 is 1.76 bits per heavy atom. The van der Waals surface area contributed by atoms with Crippen LogP contribution in [0.1, 0.15) is 48.0 Å². The van der Waals surface area contributed by atoms with Gasteiger partial charge in [-0.2, -0.15) is 0 Å². The Balaban J connectivity index is 2.85. The van der Waals surface area contributed by atoms with E-state index in [-0.39, 0.29) is 27.7 Å². The number of carbonyl (C=O) groups excluding carboxylic acids is 1. The molecule has 1 fully saturated rings. The van der Waals surface area contributed by atoms with Crippen LogP contribution in [0.25, 0.3) is 0 Å². The highest BCUT2D eigenvalue weighted by Gasteiger charge is 2.46. The number of hydrogen-bond donors (Lipinski definition) is 0. The molecule has 2 atom stereocenters. The van der Waals surface area contributed by atoms with E-state index in [1.54, 1.807) is 18.9 Å². The van der Waals surface area contributed by atoms with Gasteiger partial charge in [0.15, 0.2) is 0 Å². The predicted octanol–water partition coefficient (Wildman–Crippen LogP) is 2.89. The summed E-state index contributed by atoms with van der Waals surface area (Å²) in [5.74, 6) is 0.212. The zero-order valence-corrected chi connectivity index (χ0v) is 12.9. The fourth-order valence-electron chi connectivity index (χ4n) is 2.18. The lowest BCUT2D eigenvalue weighted by Crippen LogP contribution is -2.48. The van der Waals surface area contributed by atoms with Crippen molar-refractivity contribution >= 4 is 17.7 Å². The second-order valence-electron chi connectivity index (χ2n) is 6.52. The van der Waals surface area contributed by atoms with Crippen molar-refractivity contribution in [3.8, 4) is 0 Å². The van der Waals surface area contributed by atoms with E-state index < -0.39 is 0 Å². The van der Waals surface area contributed by atoms with Crippen LogP contribution in [0.15, 0.2) is 0 Å². The molecule has 17 heavy (non-hydrogen) atoms. The van der Waals surface area contributed by atoms with Gasteiger partial charge >= 0.3 is 0 Å². The zero-order chi connectivity index (χ0) is 13.4. The summed E-state index contributed by atoms with van der Waals surface area (Å²) in [4.78, 5) is 14.3. The largest absolute Gasteiger partial charge is 0.361 e. The van der Waals surface area contributed by atoms with Gasteiger partial charge in [0.2, 0.25) is 5.91 Å². The molecule has 1 rings (SSSR count). The first kappa shape index (κ1) is 14.8. The second kappa shape index (κ2) is 4.81. The molecule has 1 amide bonds. The molecule has 0 N–H and O–H groups in total. The molecule has 0 aliphatic carbocycles. The number of likely N-dealkylation sites (tertiary alicyclic amines) is 1. The number of rotatable bonds is 2. The molecule has 1 aliphatic heterocycles.